The van der Waals surface area contributed by atoms with Crippen LogP contribution >= 0.6 is 11.6 Å². The highest BCUT2D eigenvalue weighted by molar-refractivity contribution is 6.17. The lowest BCUT2D eigenvalue weighted by Crippen LogP contribution is -1.99. The largest absolute Gasteiger partial charge is 0.490 e. The SMILES string of the molecule is CCCOc1ccccc1Oc1cc(CCl)cc(CC)n1. The lowest BCUT2D eigenvalue weighted by Gasteiger charge is -2.12. The van der Waals surface area contributed by atoms with Crippen LogP contribution in [0, 0.1) is 0 Å². The molecule has 2 aromatic rings. The minimum absolute atomic E-state index is 0.444. The third-order valence-corrected chi connectivity index (χ3v) is 3.27. The van der Waals surface area contributed by atoms with Crippen molar-refractivity contribution in [1.82, 2.24) is 4.98 Å². The first-order valence-electron chi connectivity index (χ1n) is 7.22. The Morgan fingerprint density at radius 2 is 1.86 bits per heavy atom. The zero-order valence-corrected chi connectivity index (χ0v) is 13.2. The predicted molar refractivity (Wildman–Crippen MR) is 85.5 cm³/mol. The Balaban J connectivity index is 2.25. The van der Waals surface area contributed by atoms with Crippen LogP contribution in [-0.2, 0) is 12.3 Å². The quantitative estimate of drug-likeness (QED) is 0.677. The van der Waals surface area contributed by atoms with Crippen molar-refractivity contribution in [1.29, 1.82) is 0 Å². The molecule has 0 amide bonds. The lowest BCUT2D eigenvalue weighted by molar-refractivity contribution is 0.300. The molecule has 3 nitrogen and oxygen atoms in total. The van der Waals surface area contributed by atoms with Gasteiger partial charge >= 0.3 is 0 Å². The fourth-order valence-corrected chi connectivity index (χ4v) is 2.06. The normalized spacial score (nSPS) is 10.4. The van der Waals surface area contributed by atoms with Crippen molar-refractivity contribution < 1.29 is 9.47 Å². The van der Waals surface area contributed by atoms with E-state index in [1.54, 1.807) is 0 Å². The summed E-state index contributed by atoms with van der Waals surface area (Å²) in [5, 5.41) is 0. The predicted octanol–water partition coefficient (Wildman–Crippen LogP) is 4.96. The van der Waals surface area contributed by atoms with Crippen molar-refractivity contribution >= 4 is 11.6 Å². The highest BCUT2D eigenvalue weighted by Crippen LogP contribution is 2.31. The van der Waals surface area contributed by atoms with Gasteiger partial charge in [0.25, 0.3) is 0 Å². The second-order valence-corrected chi connectivity index (χ2v) is 4.96. The summed E-state index contributed by atoms with van der Waals surface area (Å²) in [7, 11) is 0. The molecule has 1 heterocycles. The van der Waals surface area contributed by atoms with Crippen LogP contribution in [0.25, 0.3) is 0 Å². The third kappa shape index (κ3) is 4.36. The molecular weight excluding hydrogens is 286 g/mol. The maximum atomic E-state index is 5.92. The molecule has 0 radical (unpaired) electrons. The molecule has 0 saturated carbocycles. The van der Waals surface area contributed by atoms with Crippen LogP contribution in [0.1, 0.15) is 31.5 Å². The number of benzene rings is 1. The molecule has 0 aliphatic heterocycles. The van der Waals surface area contributed by atoms with Crippen molar-refractivity contribution in [2.24, 2.45) is 0 Å². The number of para-hydroxylation sites is 2. The molecule has 0 unspecified atom stereocenters. The van der Waals surface area contributed by atoms with Crippen LogP contribution < -0.4 is 9.47 Å². The Morgan fingerprint density at radius 3 is 2.52 bits per heavy atom. The summed E-state index contributed by atoms with van der Waals surface area (Å²) in [4.78, 5) is 4.48. The molecule has 112 valence electrons. The van der Waals surface area contributed by atoms with Crippen molar-refractivity contribution in [3.63, 3.8) is 0 Å². The first-order valence-corrected chi connectivity index (χ1v) is 7.75. The molecule has 0 aliphatic rings. The van der Waals surface area contributed by atoms with Crippen LogP contribution in [0.4, 0.5) is 0 Å². The Morgan fingerprint density at radius 1 is 1.10 bits per heavy atom. The molecular formula is C17H20ClNO2. The Labute approximate surface area is 130 Å². The van der Waals surface area contributed by atoms with Gasteiger partial charge in [0.1, 0.15) is 0 Å². The maximum absolute atomic E-state index is 5.92. The van der Waals surface area contributed by atoms with Crippen LogP contribution in [0.15, 0.2) is 36.4 Å². The number of aryl methyl sites for hydroxylation is 1. The van der Waals surface area contributed by atoms with Gasteiger partial charge in [-0.05, 0) is 36.6 Å². The number of hydrogen-bond acceptors (Lipinski definition) is 3. The molecule has 1 aromatic heterocycles. The second-order valence-electron chi connectivity index (χ2n) is 4.69. The minimum Gasteiger partial charge on any atom is -0.490 e. The molecule has 1 aromatic carbocycles. The van der Waals surface area contributed by atoms with E-state index in [1.807, 2.05) is 36.4 Å². The highest BCUT2D eigenvalue weighted by Gasteiger charge is 2.08. The Hall–Kier alpha value is -1.74. The van der Waals surface area contributed by atoms with E-state index in [0.29, 0.717) is 24.1 Å². The molecule has 4 heteroatoms. The number of halogens is 1. The number of aromatic nitrogens is 1. The zero-order chi connectivity index (χ0) is 15.1. The summed E-state index contributed by atoms with van der Waals surface area (Å²) < 4.78 is 11.6. The van der Waals surface area contributed by atoms with Gasteiger partial charge in [0, 0.05) is 17.6 Å². The molecule has 0 N–H and O–H groups in total. The molecule has 21 heavy (non-hydrogen) atoms. The van der Waals surface area contributed by atoms with E-state index in [1.165, 1.54) is 0 Å². The summed E-state index contributed by atoms with van der Waals surface area (Å²) in [6.07, 6.45) is 1.80. The fourth-order valence-electron chi connectivity index (χ4n) is 1.91. The molecule has 0 fully saturated rings. The topological polar surface area (TPSA) is 31.4 Å². The number of rotatable bonds is 7. The molecule has 0 saturated heterocycles. The number of ether oxygens (including phenoxy) is 2. The van der Waals surface area contributed by atoms with E-state index in [-0.39, 0.29) is 0 Å². The average molecular weight is 306 g/mol. The van der Waals surface area contributed by atoms with Crippen LogP contribution in [0.3, 0.4) is 0 Å². The molecule has 0 aliphatic carbocycles. The lowest BCUT2D eigenvalue weighted by atomic mass is 10.2. The number of nitrogens with zero attached hydrogens (tertiary/aromatic N) is 1. The molecule has 0 spiro atoms. The summed E-state index contributed by atoms with van der Waals surface area (Å²) in [6, 6.07) is 11.5. The minimum atomic E-state index is 0.444. The number of pyridine rings is 1. The van der Waals surface area contributed by atoms with Gasteiger partial charge in [-0.25, -0.2) is 4.98 Å². The average Bonchev–Trinajstić information content (AvgIpc) is 2.53. The van der Waals surface area contributed by atoms with E-state index >= 15 is 0 Å². The van der Waals surface area contributed by atoms with Crippen LogP contribution in [-0.4, -0.2) is 11.6 Å². The number of hydrogen-bond donors (Lipinski definition) is 0. The first kappa shape index (κ1) is 15.6. The summed E-state index contributed by atoms with van der Waals surface area (Å²) in [6.45, 7) is 4.79. The summed E-state index contributed by atoms with van der Waals surface area (Å²) >= 11 is 5.92. The smallest absolute Gasteiger partial charge is 0.219 e. The first-order chi connectivity index (χ1) is 10.3. The molecule has 0 atom stereocenters. The fraction of sp³-hybridized carbons (Fsp3) is 0.353. The van der Waals surface area contributed by atoms with Crippen molar-refractivity contribution in [2.75, 3.05) is 6.61 Å². The molecule has 2 rings (SSSR count). The number of alkyl halides is 1. The van der Waals surface area contributed by atoms with E-state index in [0.717, 1.165) is 29.8 Å². The van der Waals surface area contributed by atoms with Gasteiger partial charge in [0.2, 0.25) is 5.88 Å². The second kappa shape index (κ2) is 7.89. The van der Waals surface area contributed by atoms with Gasteiger partial charge in [0.15, 0.2) is 11.5 Å². The van der Waals surface area contributed by atoms with Gasteiger partial charge in [0.05, 0.1) is 6.61 Å². The van der Waals surface area contributed by atoms with E-state index in [9.17, 15) is 0 Å². The standard InChI is InChI=1S/C17H20ClNO2/c1-3-9-20-15-7-5-6-8-16(15)21-17-11-13(12-18)10-14(4-2)19-17/h5-8,10-11H,3-4,9,12H2,1-2H3. The van der Waals surface area contributed by atoms with E-state index < -0.39 is 0 Å². The van der Waals surface area contributed by atoms with Gasteiger partial charge in [-0.15, -0.1) is 11.6 Å². The van der Waals surface area contributed by atoms with Crippen LogP contribution in [0.5, 0.6) is 17.4 Å². The Bertz CT molecular complexity index is 565. The van der Waals surface area contributed by atoms with Crippen LogP contribution in [0.2, 0.25) is 0 Å². The third-order valence-electron chi connectivity index (χ3n) is 2.96. The van der Waals surface area contributed by atoms with Gasteiger partial charge in [-0.1, -0.05) is 26.0 Å². The zero-order valence-electron chi connectivity index (χ0n) is 12.4. The van der Waals surface area contributed by atoms with Crippen molar-refractivity contribution in [3.8, 4) is 17.4 Å². The summed E-state index contributed by atoms with van der Waals surface area (Å²) in [5.41, 5.74) is 1.97. The van der Waals surface area contributed by atoms with Crippen molar-refractivity contribution in [3.05, 3.63) is 47.7 Å². The monoisotopic (exact) mass is 305 g/mol. The Kier molecular flexibility index (Phi) is 5.88. The highest BCUT2D eigenvalue weighted by atomic mass is 35.5. The molecule has 0 bridgehead atoms. The summed E-state index contributed by atoms with van der Waals surface area (Å²) in [5.74, 6) is 2.40. The van der Waals surface area contributed by atoms with E-state index in [4.69, 9.17) is 21.1 Å². The van der Waals surface area contributed by atoms with Gasteiger partial charge < -0.3 is 9.47 Å². The van der Waals surface area contributed by atoms with E-state index in [2.05, 4.69) is 18.8 Å². The van der Waals surface area contributed by atoms with Crippen molar-refractivity contribution in [2.45, 2.75) is 32.6 Å². The maximum Gasteiger partial charge on any atom is 0.219 e. The van der Waals surface area contributed by atoms with Gasteiger partial charge in [-0.2, -0.15) is 0 Å². The van der Waals surface area contributed by atoms with Gasteiger partial charge in [-0.3, -0.25) is 0 Å².